The number of fused-ring (bicyclic) bond motifs is 1. The molecule has 32 heavy (non-hydrogen) atoms. The lowest BCUT2D eigenvalue weighted by Crippen LogP contribution is -2.37. The van der Waals surface area contributed by atoms with Crippen LogP contribution in [0.2, 0.25) is 5.02 Å². The van der Waals surface area contributed by atoms with E-state index in [0.29, 0.717) is 11.3 Å². The third kappa shape index (κ3) is 6.45. The maximum Gasteiger partial charge on any atom is 0.261 e. The van der Waals surface area contributed by atoms with Crippen LogP contribution in [-0.2, 0) is 9.59 Å². The Hall–Kier alpha value is -3.59. The molecular formula is C22H22ClFN4O4. The van der Waals surface area contributed by atoms with E-state index in [-0.39, 0.29) is 35.9 Å². The Morgan fingerprint density at radius 1 is 1.19 bits per heavy atom. The molecule has 2 aromatic heterocycles. The standard InChI is InChI=1S/C22H22ClFN4O4/c1-13(14(2)28-22(30)12-31-15-3-4-17(23)18(24)7-15)9-27-21(29)11-32-16-8-20-19(26-10-16)5-6-25-20/h3-10,14,25H,11-12H2,1-2H3,(H,27,29)(H,28,30)/b13-9+. The van der Waals surface area contributed by atoms with Gasteiger partial charge in [-0.1, -0.05) is 11.6 Å². The van der Waals surface area contributed by atoms with Gasteiger partial charge in [0.15, 0.2) is 13.2 Å². The van der Waals surface area contributed by atoms with Crippen molar-refractivity contribution in [3.05, 3.63) is 65.3 Å². The molecule has 0 aliphatic rings. The Bertz CT molecular complexity index is 1150. The number of halogens is 2. The summed E-state index contributed by atoms with van der Waals surface area (Å²) in [4.78, 5) is 31.3. The van der Waals surface area contributed by atoms with Crippen molar-refractivity contribution in [2.24, 2.45) is 0 Å². The van der Waals surface area contributed by atoms with Crippen molar-refractivity contribution in [3.63, 3.8) is 0 Å². The Labute approximate surface area is 188 Å². The third-order valence-corrected chi connectivity index (χ3v) is 4.83. The minimum Gasteiger partial charge on any atom is -0.484 e. The number of H-pyrrole nitrogens is 1. The van der Waals surface area contributed by atoms with Crippen molar-refractivity contribution >= 4 is 34.4 Å². The first kappa shape index (κ1) is 23.1. The highest BCUT2D eigenvalue weighted by molar-refractivity contribution is 6.30. The number of hydrogen-bond donors (Lipinski definition) is 3. The number of pyridine rings is 1. The second-order valence-electron chi connectivity index (χ2n) is 6.98. The fraction of sp³-hybridized carbons (Fsp3) is 0.227. The molecule has 168 valence electrons. The van der Waals surface area contributed by atoms with Gasteiger partial charge in [-0.3, -0.25) is 14.6 Å². The number of hydrogen-bond acceptors (Lipinski definition) is 5. The first-order chi connectivity index (χ1) is 15.3. The number of aromatic nitrogens is 2. The zero-order valence-corrected chi connectivity index (χ0v) is 18.2. The van der Waals surface area contributed by atoms with Crippen molar-refractivity contribution < 1.29 is 23.5 Å². The number of aromatic amines is 1. The van der Waals surface area contributed by atoms with Gasteiger partial charge in [-0.25, -0.2) is 4.39 Å². The van der Waals surface area contributed by atoms with Crippen LogP contribution in [-0.4, -0.2) is 41.0 Å². The Balaban J connectivity index is 1.41. The summed E-state index contributed by atoms with van der Waals surface area (Å²) in [5.74, 6) is -0.723. The molecule has 0 aliphatic heterocycles. The van der Waals surface area contributed by atoms with Gasteiger partial charge in [0.25, 0.3) is 11.8 Å². The van der Waals surface area contributed by atoms with E-state index >= 15 is 0 Å². The summed E-state index contributed by atoms with van der Waals surface area (Å²) >= 11 is 5.61. The van der Waals surface area contributed by atoms with Gasteiger partial charge in [-0.2, -0.15) is 0 Å². The topological polar surface area (TPSA) is 105 Å². The highest BCUT2D eigenvalue weighted by Crippen LogP contribution is 2.20. The van der Waals surface area contributed by atoms with E-state index in [0.717, 1.165) is 17.1 Å². The average Bonchev–Trinajstić information content (AvgIpc) is 3.24. The zero-order chi connectivity index (χ0) is 23.1. The van der Waals surface area contributed by atoms with E-state index in [9.17, 15) is 14.0 Å². The van der Waals surface area contributed by atoms with Crippen LogP contribution in [0.3, 0.4) is 0 Å². The van der Waals surface area contributed by atoms with Gasteiger partial charge in [-0.15, -0.1) is 0 Å². The maximum atomic E-state index is 13.4. The van der Waals surface area contributed by atoms with E-state index in [2.05, 4.69) is 20.6 Å². The number of ether oxygens (including phenoxy) is 2. The normalized spacial score (nSPS) is 12.3. The summed E-state index contributed by atoms with van der Waals surface area (Å²) in [7, 11) is 0. The molecule has 0 radical (unpaired) electrons. The highest BCUT2D eigenvalue weighted by atomic mass is 35.5. The van der Waals surface area contributed by atoms with Gasteiger partial charge >= 0.3 is 0 Å². The quantitative estimate of drug-likeness (QED) is 0.454. The summed E-state index contributed by atoms with van der Waals surface area (Å²) in [5.41, 5.74) is 2.33. The number of amides is 2. The number of nitrogens with zero attached hydrogens (tertiary/aromatic N) is 1. The number of rotatable bonds is 9. The molecule has 1 atom stereocenters. The molecular weight excluding hydrogens is 439 g/mol. The van der Waals surface area contributed by atoms with Crippen LogP contribution in [0.15, 0.2) is 54.5 Å². The summed E-state index contributed by atoms with van der Waals surface area (Å²) in [6, 6.07) is 7.15. The molecule has 1 aromatic carbocycles. The SMILES string of the molecule is C/C(=C\NC(=O)COc1cnc2cc[nH]c2c1)C(C)NC(=O)COc1ccc(Cl)c(F)c1. The molecule has 1 unspecified atom stereocenters. The molecule has 10 heteroatoms. The van der Waals surface area contributed by atoms with Crippen LogP contribution in [0, 0.1) is 5.82 Å². The lowest BCUT2D eigenvalue weighted by Gasteiger charge is -2.15. The Kier molecular flexibility index (Phi) is 7.67. The van der Waals surface area contributed by atoms with Crippen LogP contribution in [0.5, 0.6) is 11.5 Å². The van der Waals surface area contributed by atoms with E-state index < -0.39 is 11.7 Å². The van der Waals surface area contributed by atoms with E-state index in [1.165, 1.54) is 18.3 Å². The summed E-state index contributed by atoms with van der Waals surface area (Å²) in [5, 5.41) is 5.32. The maximum absolute atomic E-state index is 13.4. The second-order valence-corrected chi connectivity index (χ2v) is 7.39. The van der Waals surface area contributed by atoms with Crippen molar-refractivity contribution in [1.82, 2.24) is 20.6 Å². The first-order valence-electron chi connectivity index (χ1n) is 9.71. The average molecular weight is 461 g/mol. The van der Waals surface area contributed by atoms with Gasteiger partial charge in [-0.05, 0) is 37.6 Å². The van der Waals surface area contributed by atoms with Crippen LogP contribution >= 0.6 is 11.6 Å². The predicted molar refractivity (Wildman–Crippen MR) is 118 cm³/mol. The zero-order valence-electron chi connectivity index (χ0n) is 17.4. The molecule has 0 bridgehead atoms. The molecule has 0 saturated carbocycles. The van der Waals surface area contributed by atoms with E-state index in [4.69, 9.17) is 21.1 Å². The molecule has 2 amide bonds. The van der Waals surface area contributed by atoms with Crippen molar-refractivity contribution in [3.8, 4) is 11.5 Å². The molecule has 8 nitrogen and oxygen atoms in total. The number of carbonyl (C=O) groups excluding carboxylic acids is 2. The highest BCUT2D eigenvalue weighted by Gasteiger charge is 2.11. The van der Waals surface area contributed by atoms with Gasteiger partial charge in [0.1, 0.15) is 17.3 Å². The number of carbonyl (C=O) groups is 2. The Morgan fingerprint density at radius 2 is 1.94 bits per heavy atom. The van der Waals surface area contributed by atoms with Crippen molar-refractivity contribution in [2.75, 3.05) is 13.2 Å². The monoisotopic (exact) mass is 460 g/mol. The summed E-state index contributed by atoms with van der Waals surface area (Å²) in [6.45, 7) is 3.03. The molecule has 3 N–H and O–H groups in total. The van der Waals surface area contributed by atoms with Gasteiger partial charge in [0, 0.05) is 30.6 Å². The van der Waals surface area contributed by atoms with Crippen molar-refractivity contribution in [1.29, 1.82) is 0 Å². The van der Waals surface area contributed by atoms with Crippen LogP contribution < -0.4 is 20.1 Å². The molecule has 0 aliphatic carbocycles. The smallest absolute Gasteiger partial charge is 0.261 e. The minimum absolute atomic E-state index is 0.0260. The molecule has 2 heterocycles. The van der Waals surface area contributed by atoms with Gasteiger partial charge in [0.05, 0.1) is 22.3 Å². The fourth-order valence-electron chi connectivity index (χ4n) is 2.62. The fourth-order valence-corrected chi connectivity index (χ4v) is 2.73. The van der Waals surface area contributed by atoms with E-state index in [1.807, 2.05) is 6.07 Å². The molecule has 0 fully saturated rings. The van der Waals surface area contributed by atoms with Crippen LogP contribution in [0.1, 0.15) is 13.8 Å². The predicted octanol–water partition coefficient (Wildman–Crippen LogP) is 3.34. The third-order valence-electron chi connectivity index (χ3n) is 4.53. The molecule has 3 aromatic rings. The number of benzene rings is 1. The van der Waals surface area contributed by atoms with Gasteiger partial charge in [0.2, 0.25) is 0 Å². The van der Waals surface area contributed by atoms with Gasteiger partial charge < -0.3 is 25.1 Å². The first-order valence-corrected chi connectivity index (χ1v) is 10.1. The lowest BCUT2D eigenvalue weighted by atomic mass is 10.1. The largest absolute Gasteiger partial charge is 0.484 e. The molecule has 3 rings (SSSR count). The summed E-state index contributed by atoms with van der Waals surface area (Å²) < 4.78 is 24.1. The molecule has 0 saturated heterocycles. The molecule has 0 spiro atoms. The lowest BCUT2D eigenvalue weighted by molar-refractivity contribution is -0.123. The van der Waals surface area contributed by atoms with Crippen molar-refractivity contribution in [2.45, 2.75) is 19.9 Å². The second kappa shape index (κ2) is 10.6. The Morgan fingerprint density at radius 3 is 2.72 bits per heavy atom. The minimum atomic E-state index is -0.627. The van der Waals surface area contributed by atoms with E-state index in [1.54, 1.807) is 32.3 Å². The number of nitrogens with one attached hydrogen (secondary N) is 3. The van der Waals surface area contributed by atoms with Crippen LogP contribution in [0.4, 0.5) is 4.39 Å². The summed E-state index contributed by atoms with van der Waals surface area (Å²) in [6.07, 6.45) is 4.81. The van der Waals surface area contributed by atoms with Crippen LogP contribution in [0.25, 0.3) is 11.0 Å².